The Hall–Kier alpha value is -2.18. The molecule has 0 aliphatic rings. The molecule has 0 fully saturated rings. The normalized spacial score (nSPS) is 11.6. The number of rotatable bonds is 3. The average molecular weight is 272 g/mol. The summed E-state index contributed by atoms with van der Waals surface area (Å²) in [6, 6.07) is 5.34. The van der Waals surface area contributed by atoms with E-state index in [9.17, 15) is 13.2 Å². The van der Waals surface area contributed by atoms with E-state index in [-0.39, 0.29) is 11.6 Å². The smallest absolute Gasteiger partial charge is 0.406 e. The molecule has 1 aromatic heterocycles. The van der Waals surface area contributed by atoms with Crippen LogP contribution in [-0.4, -0.2) is 11.5 Å². The predicted molar refractivity (Wildman–Crippen MR) is 62.4 cm³/mol. The predicted octanol–water partition coefficient (Wildman–Crippen LogP) is 3.38. The van der Waals surface area contributed by atoms with E-state index in [0.29, 0.717) is 17.7 Å². The van der Waals surface area contributed by atoms with Crippen molar-refractivity contribution in [2.45, 2.75) is 19.7 Å². The van der Waals surface area contributed by atoms with Gasteiger partial charge in [-0.05, 0) is 30.7 Å². The van der Waals surface area contributed by atoms with Gasteiger partial charge in [0.1, 0.15) is 5.75 Å². The second-order valence-corrected chi connectivity index (χ2v) is 3.80. The Morgan fingerprint density at radius 1 is 1.26 bits per heavy atom. The maximum atomic E-state index is 12.0. The Morgan fingerprint density at radius 3 is 2.42 bits per heavy atom. The largest absolute Gasteiger partial charge is 0.573 e. The minimum atomic E-state index is -4.70. The lowest BCUT2D eigenvalue weighted by Crippen LogP contribution is -2.16. The van der Waals surface area contributed by atoms with Gasteiger partial charge in [0.25, 0.3) is 0 Å². The van der Waals surface area contributed by atoms with Gasteiger partial charge >= 0.3 is 6.36 Å². The Kier molecular flexibility index (Phi) is 3.37. The molecule has 0 bridgehead atoms. The lowest BCUT2D eigenvalue weighted by atomic mass is 10.1. The van der Waals surface area contributed by atoms with Crippen LogP contribution >= 0.6 is 0 Å². The highest BCUT2D eigenvalue weighted by molar-refractivity contribution is 5.66. The standard InChI is InChI=1S/C12H11F3N2O2/c1-2-9-10(19-17-11(9)16)7-3-5-8(6-4-7)18-12(13,14)15/h3-6H,2H2,1H3,(H2,16,17). The van der Waals surface area contributed by atoms with Crippen LogP contribution in [0.1, 0.15) is 12.5 Å². The molecule has 0 aliphatic heterocycles. The van der Waals surface area contributed by atoms with Crippen molar-refractivity contribution < 1.29 is 22.4 Å². The molecule has 2 aromatic rings. The van der Waals surface area contributed by atoms with Crippen LogP contribution in [0.4, 0.5) is 19.0 Å². The van der Waals surface area contributed by atoms with Gasteiger partial charge in [-0.3, -0.25) is 0 Å². The maximum absolute atomic E-state index is 12.0. The zero-order valence-corrected chi connectivity index (χ0v) is 9.99. The number of ether oxygens (including phenoxy) is 1. The molecule has 1 heterocycles. The Labute approximate surface area is 106 Å². The van der Waals surface area contributed by atoms with Crippen molar-refractivity contribution in [1.82, 2.24) is 5.16 Å². The lowest BCUT2D eigenvalue weighted by molar-refractivity contribution is -0.274. The monoisotopic (exact) mass is 272 g/mol. The summed E-state index contributed by atoms with van der Waals surface area (Å²) in [7, 11) is 0. The molecule has 0 saturated heterocycles. The third-order valence-corrected chi connectivity index (χ3v) is 2.52. The molecule has 0 atom stereocenters. The zero-order valence-electron chi connectivity index (χ0n) is 9.99. The number of nitrogens with two attached hydrogens (primary N) is 1. The Morgan fingerprint density at radius 2 is 1.89 bits per heavy atom. The summed E-state index contributed by atoms with van der Waals surface area (Å²) in [5, 5.41) is 3.64. The van der Waals surface area contributed by atoms with Crippen molar-refractivity contribution >= 4 is 5.82 Å². The summed E-state index contributed by atoms with van der Waals surface area (Å²) < 4.78 is 44.9. The van der Waals surface area contributed by atoms with E-state index < -0.39 is 6.36 Å². The van der Waals surface area contributed by atoms with Crippen LogP contribution in [0.5, 0.6) is 5.75 Å². The minimum absolute atomic E-state index is 0.285. The van der Waals surface area contributed by atoms with Crippen LogP contribution in [-0.2, 0) is 6.42 Å². The van der Waals surface area contributed by atoms with Crippen LogP contribution in [0.15, 0.2) is 28.8 Å². The number of halogens is 3. The molecular weight excluding hydrogens is 261 g/mol. The van der Waals surface area contributed by atoms with E-state index in [4.69, 9.17) is 10.3 Å². The van der Waals surface area contributed by atoms with Gasteiger partial charge in [-0.15, -0.1) is 13.2 Å². The molecule has 19 heavy (non-hydrogen) atoms. The van der Waals surface area contributed by atoms with Gasteiger partial charge in [0, 0.05) is 11.1 Å². The molecule has 2 N–H and O–H groups in total. The highest BCUT2D eigenvalue weighted by Gasteiger charge is 2.31. The summed E-state index contributed by atoms with van der Waals surface area (Å²) in [6.45, 7) is 1.88. The van der Waals surface area contributed by atoms with Crippen molar-refractivity contribution in [3.05, 3.63) is 29.8 Å². The summed E-state index contributed by atoms with van der Waals surface area (Å²) >= 11 is 0. The van der Waals surface area contributed by atoms with Gasteiger partial charge in [-0.2, -0.15) is 0 Å². The van der Waals surface area contributed by atoms with Crippen molar-refractivity contribution in [1.29, 1.82) is 0 Å². The molecule has 7 heteroatoms. The molecule has 102 valence electrons. The first-order valence-electron chi connectivity index (χ1n) is 5.51. The van der Waals surface area contributed by atoms with Crippen LogP contribution in [0, 0.1) is 0 Å². The van der Waals surface area contributed by atoms with E-state index in [0.717, 1.165) is 5.56 Å². The first-order valence-corrected chi connectivity index (χ1v) is 5.51. The molecule has 0 unspecified atom stereocenters. The molecule has 0 radical (unpaired) electrons. The molecule has 1 aromatic carbocycles. The van der Waals surface area contributed by atoms with E-state index in [1.54, 1.807) is 0 Å². The van der Waals surface area contributed by atoms with E-state index in [1.807, 2.05) is 6.92 Å². The van der Waals surface area contributed by atoms with Gasteiger partial charge in [0.05, 0.1) is 0 Å². The van der Waals surface area contributed by atoms with Crippen molar-refractivity contribution in [2.75, 3.05) is 5.73 Å². The van der Waals surface area contributed by atoms with E-state index in [1.165, 1.54) is 24.3 Å². The topological polar surface area (TPSA) is 61.3 Å². The Balaban J connectivity index is 2.27. The van der Waals surface area contributed by atoms with Crippen LogP contribution in [0.3, 0.4) is 0 Å². The van der Waals surface area contributed by atoms with Gasteiger partial charge in [0.15, 0.2) is 11.6 Å². The maximum Gasteiger partial charge on any atom is 0.573 e. The summed E-state index contributed by atoms with van der Waals surface area (Å²) in [5.41, 5.74) is 6.94. The number of hydrogen-bond acceptors (Lipinski definition) is 4. The number of aromatic nitrogens is 1. The molecule has 0 saturated carbocycles. The van der Waals surface area contributed by atoms with E-state index in [2.05, 4.69) is 9.89 Å². The second-order valence-electron chi connectivity index (χ2n) is 3.80. The average Bonchev–Trinajstić information content (AvgIpc) is 2.69. The Bertz CT molecular complexity index is 561. The fourth-order valence-electron chi connectivity index (χ4n) is 1.70. The van der Waals surface area contributed by atoms with Crippen LogP contribution in [0.2, 0.25) is 0 Å². The minimum Gasteiger partial charge on any atom is -0.406 e. The number of anilines is 1. The number of benzene rings is 1. The molecular formula is C12H11F3N2O2. The first-order chi connectivity index (χ1) is 8.90. The van der Waals surface area contributed by atoms with Gasteiger partial charge in [-0.1, -0.05) is 12.1 Å². The van der Waals surface area contributed by atoms with E-state index >= 15 is 0 Å². The SMILES string of the molecule is CCc1c(N)noc1-c1ccc(OC(F)(F)F)cc1. The highest BCUT2D eigenvalue weighted by Crippen LogP contribution is 2.30. The van der Waals surface area contributed by atoms with Crippen molar-refractivity contribution in [3.63, 3.8) is 0 Å². The quantitative estimate of drug-likeness (QED) is 0.930. The molecule has 0 amide bonds. The summed E-state index contributed by atoms with van der Waals surface area (Å²) in [6.07, 6.45) is -4.09. The fourth-order valence-corrected chi connectivity index (χ4v) is 1.70. The molecule has 0 spiro atoms. The van der Waals surface area contributed by atoms with Crippen LogP contribution < -0.4 is 10.5 Å². The number of nitrogens with zero attached hydrogens (tertiary/aromatic N) is 1. The van der Waals surface area contributed by atoms with Crippen molar-refractivity contribution in [3.8, 4) is 17.1 Å². The molecule has 4 nitrogen and oxygen atoms in total. The third-order valence-electron chi connectivity index (χ3n) is 2.52. The van der Waals surface area contributed by atoms with Gasteiger partial charge in [-0.25, -0.2) is 0 Å². The zero-order chi connectivity index (χ0) is 14.0. The van der Waals surface area contributed by atoms with Gasteiger partial charge in [0.2, 0.25) is 0 Å². The van der Waals surface area contributed by atoms with Crippen molar-refractivity contribution in [2.24, 2.45) is 0 Å². The third kappa shape index (κ3) is 2.98. The second kappa shape index (κ2) is 4.83. The number of hydrogen-bond donors (Lipinski definition) is 1. The summed E-state index contributed by atoms with van der Waals surface area (Å²) in [4.78, 5) is 0. The molecule has 2 rings (SSSR count). The first kappa shape index (κ1) is 13.3. The summed E-state index contributed by atoms with van der Waals surface area (Å²) in [5.74, 6) is 0.452. The van der Waals surface area contributed by atoms with Crippen LogP contribution in [0.25, 0.3) is 11.3 Å². The fraction of sp³-hybridized carbons (Fsp3) is 0.250. The molecule has 0 aliphatic carbocycles. The lowest BCUT2D eigenvalue weighted by Gasteiger charge is -2.08. The number of nitrogen functional groups attached to an aromatic ring is 1. The van der Waals surface area contributed by atoms with Gasteiger partial charge < -0.3 is 15.0 Å². The number of alkyl halides is 3. The highest BCUT2D eigenvalue weighted by atomic mass is 19.4.